The first kappa shape index (κ1) is 65.4. The Labute approximate surface area is 480 Å². The quantitative estimate of drug-likeness (QED) is 0.0664. The normalized spacial score (nSPS) is 21.2. The summed E-state index contributed by atoms with van der Waals surface area (Å²) >= 11 is 12.6. The summed E-state index contributed by atoms with van der Waals surface area (Å²) in [5.74, 6) is 1.42. The molecular weight excluding hydrogens is 1060 g/mol. The summed E-state index contributed by atoms with van der Waals surface area (Å²) in [6.07, 6.45) is 10.3. The molecule has 2 aromatic carbocycles. The molecule has 5 amide bonds. The van der Waals surface area contributed by atoms with E-state index >= 15 is 0 Å². The number of piperidine rings is 2. The van der Waals surface area contributed by atoms with Crippen LogP contribution in [0.15, 0.2) is 48.5 Å². The molecule has 6 rings (SSSR count). The van der Waals surface area contributed by atoms with Crippen molar-refractivity contribution in [2.75, 3.05) is 107 Å². The standard InChI is InChI=1S/C32H50ClN3O7.C27H42ClN3O5/c1-32(2,3)43-31(39)35(4)27(19-23-9-8-17-41-22-23)13-14-28(37)36-16-7-11-25(21-36)29(24-10-6-12-26(33)20-24)42-18-15-34-30(38)40-5;1-29-24(16-20-6-5-14-35-19-20)10-11-25(32)31-13-4-8-22(18-31)26(21-7-3-9-23(28)17-21)36-15-12-30-27(33)34-2/h6,10,12,20,23,25,27,29H,7-9,11,13-19,21-22H2,1-5H3,(H,34,38);3,7,9,17,20,22,24,26,29H,4-6,8,10-16,18-19H2,1-2H3,(H,30,33)/t23-,25-,27-,29+;20-,22-,24-,26+/m11/s1. The Morgan fingerprint density at radius 1 is 0.696 bits per heavy atom. The van der Waals surface area contributed by atoms with Crippen molar-refractivity contribution in [1.82, 2.24) is 30.7 Å². The van der Waals surface area contributed by atoms with Crippen LogP contribution in [0.5, 0.6) is 0 Å². The summed E-state index contributed by atoms with van der Waals surface area (Å²) in [6.45, 7) is 12.7. The van der Waals surface area contributed by atoms with Gasteiger partial charge >= 0.3 is 18.3 Å². The molecule has 0 aromatic heterocycles. The molecule has 18 nitrogen and oxygen atoms in total. The van der Waals surface area contributed by atoms with Crippen LogP contribution in [0.4, 0.5) is 14.4 Å². The zero-order chi connectivity index (χ0) is 57.2. The third-order valence-electron chi connectivity index (χ3n) is 15.3. The Morgan fingerprint density at radius 2 is 1.18 bits per heavy atom. The molecule has 4 heterocycles. The van der Waals surface area contributed by atoms with Crippen molar-refractivity contribution in [3.63, 3.8) is 0 Å². The molecular formula is C59H92Cl2N6O12. The third kappa shape index (κ3) is 23.5. The van der Waals surface area contributed by atoms with Crippen molar-refractivity contribution < 1.29 is 57.1 Å². The first-order chi connectivity index (χ1) is 38.0. The SMILES string of the molecule is CN[C@H](CCC(=O)N1CCC[C@@H]([C@@H](OCCNC(=O)OC)c2cccc(Cl)c2)C1)C[C@H]1CCCOC1.COC(=O)NCCO[C@@H](c1cccc(Cl)c1)[C@@H]1CCCN(C(=O)CC[C@H](C[C@H]2CCCOC2)N(C)C(=O)OC(C)(C)C)C1. The van der Waals surface area contributed by atoms with Gasteiger partial charge in [0, 0.05) is 120 Å². The Morgan fingerprint density at radius 3 is 1.61 bits per heavy atom. The molecule has 0 unspecified atom stereocenters. The topological polar surface area (TPSA) is 196 Å². The van der Waals surface area contributed by atoms with Crippen molar-refractivity contribution in [3.05, 3.63) is 69.7 Å². The molecule has 3 N–H and O–H groups in total. The van der Waals surface area contributed by atoms with Gasteiger partial charge in [0.1, 0.15) is 5.60 Å². The number of likely N-dealkylation sites (tertiary alicyclic amines) is 2. The lowest BCUT2D eigenvalue weighted by Crippen LogP contribution is -2.44. The summed E-state index contributed by atoms with van der Waals surface area (Å²) in [5.41, 5.74) is 1.34. The van der Waals surface area contributed by atoms with Crippen LogP contribution in [0, 0.1) is 23.7 Å². The summed E-state index contributed by atoms with van der Waals surface area (Å²) in [7, 11) is 6.41. The van der Waals surface area contributed by atoms with E-state index in [-0.39, 0.29) is 48.0 Å². The zero-order valence-electron chi connectivity index (χ0n) is 48.1. The summed E-state index contributed by atoms with van der Waals surface area (Å²) in [5, 5.41) is 9.97. The Bertz CT molecular complexity index is 2160. The molecule has 444 valence electrons. The average molecular weight is 1150 g/mol. The Hall–Kier alpha value is -4.43. The van der Waals surface area contributed by atoms with Crippen LogP contribution in [0.25, 0.3) is 0 Å². The van der Waals surface area contributed by atoms with E-state index in [1.165, 1.54) is 20.6 Å². The monoisotopic (exact) mass is 1150 g/mol. The van der Waals surface area contributed by atoms with E-state index in [4.69, 9.17) is 46.9 Å². The highest BCUT2D eigenvalue weighted by Gasteiger charge is 2.35. The summed E-state index contributed by atoms with van der Waals surface area (Å²) in [6, 6.07) is 15.5. The van der Waals surface area contributed by atoms with Gasteiger partial charge in [-0.05, 0) is 152 Å². The van der Waals surface area contributed by atoms with E-state index in [1.54, 1.807) is 11.9 Å². The summed E-state index contributed by atoms with van der Waals surface area (Å²) in [4.78, 5) is 68.2. The first-order valence-corrected chi connectivity index (χ1v) is 29.4. The van der Waals surface area contributed by atoms with Gasteiger partial charge in [0.2, 0.25) is 11.8 Å². The third-order valence-corrected chi connectivity index (χ3v) is 15.8. The molecule has 0 aliphatic carbocycles. The van der Waals surface area contributed by atoms with Crippen LogP contribution in [0.1, 0.15) is 134 Å². The number of amides is 5. The first-order valence-electron chi connectivity index (χ1n) is 28.7. The molecule has 4 aliphatic rings. The van der Waals surface area contributed by atoms with Gasteiger partial charge in [-0.1, -0.05) is 47.5 Å². The number of nitrogens with zero attached hydrogens (tertiary/aromatic N) is 3. The predicted molar refractivity (Wildman–Crippen MR) is 305 cm³/mol. The van der Waals surface area contributed by atoms with E-state index in [2.05, 4.69) is 25.4 Å². The molecule has 4 saturated heterocycles. The second-order valence-corrected chi connectivity index (χ2v) is 23.3. The Balaban J connectivity index is 0.000000295. The van der Waals surface area contributed by atoms with Gasteiger partial charge in [-0.15, -0.1) is 0 Å². The highest BCUT2D eigenvalue weighted by Crippen LogP contribution is 2.36. The maximum Gasteiger partial charge on any atom is 0.410 e. The van der Waals surface area contributed by atoms with Crippen molar-refractivity contribution in [3.8, 4) is 0 Å². The van der Waals surface area contributed by atoms with Gasteiger partial charge < -0.3 is 63.8 Å². The minimum Gasteiger partial charge on any atom is -0.453 e. The number of alkyl carbamates (subject to hydrolysis) is 2. The van der Waals surface area contributed by atoms with E-state index in [9.17, 15) is 24.0 Å². The number of hydrogen-bond acceptors (Lipinski definition) is 13. The number of methoxy groups -OCH3 is 2. The second kappa shape index (κ2) is 34.8. The van der Waals surface area contributed by atoms with E-state index in [0.29, 0.717) is 99.7 Å². The molecule has 4 aliphatic heterocycles. The van der Waals surface area contributed by atoms with Crippen molar-refractivity contribution >= 4 is 53.3 Å². The fourth-order valence-electron chi connectivity index (χ4n) is 11.2. The molecule has 8 atom stereocenters. The van der Waals surface area contributed by atoms with Crippen LogP contribution in [0.2, 0.25) is 10.0 Å². The molecule has 20 heteroatoms. The number of benzene rings is 2. The van der Waals surface area contributed by atoms with Gasteiger partial charge in [0.15, 0.2) is 0 Å². The fourth-order valence-corrected chi connectivity index (χ4v) is 11.6. The molecule has 0 spiro atoms. The van der Waals surface area contributed by atoms with Crippen LogP contribution in [-0.4, -0.2) is 170 Å². The minimum absolute atomic E-state index is 0.0638. The lowest BCUT2D eigenvalue weighted by molar-refractivity contribution is -0.135. The number of halogens is 2. The average Bonchev–Trinajstić information content (AvgIpc) is 3.48. The smallest absolute Gasteiger partial charge is 0.410 e. The largest absolute Gasteiger partial charge is 0.453 e. The van der Waals surface area contributed by atoms with Crippen LogP contribution in [-0.2, 0) is 42.7 Å². The van der Waals surface area contributed by atoms with Gasteiger partial charge in [-0.2, -0.15) is 0 Å². The highest BCUT2D eigenvalue weighted by molar-refractivity contribution is 6.30. The number of ether oxygens (including phenoxy) is 7. The maximum absolute atomic E-state index is 13.6. The molecule has 4 fully saturated rings. The molecule has 2 aromatic rings. The summed E-state index contributed by atoms with van der Waals surface area (Å²) < 4.78 is 38.8. The Kier molecular flexibility index (Phi) is 28.8. The van der Waals surface area contributed by atoms with Crippen LogP contribution >= 0.6 is 23.2 Å². The van der Waals surface area contributed by atoms with Crippen molar-refractivity contribution in [1.29, 1.82) is 0 Å². The van der Waals surface area contributed by atoms with E-state index in [1.807, 2.05) is 86.1 Å². The van der Waals surface area contributed by atoms with Gasteiger partial charge in [0.05, 0.1) is 39.6 Å². The molecule has 0 bridgehead atoms. The number of rotatable bonds is 24. The minimum atomic E-state index is -0.598. The van der Waals surface area contributed by atoms with E-state index in [0.717, 1.165) is 102 Å². The van der Waals surface area contributed by atoms with Crippen molar-refractivity contribution in [2.45, 2.75) is 141 Å². The number of nitrogens with one attached hydrogen (secondary N) is 3. The lowest BCUT2D eigenvalue weighted by atomic mass is 9.88. The second-order valence-electron chi connectivity index (χ2n) is 22.5. The van der Waals surface area contributed by atoms with Gasteiger partial charge in [-0.3, -0.25) is 9.59 Å². The predicted octanol–water partition coefficient (Wildman–Crippen LogP) is 10.0. The molecule has 79 heavy (non-hydrogen) atoms. The molecule has 0 radical (unpaired) electrons. The van der Waals surface area contributed by atoms with E-state index < -0.39 is 17.8 Å². The lowest BCUT2D eigenvalue weighted by Gasteiger charge is -2.38. The van der Waals surface area contributed by atoms with Crippen LogP contribution in [0.3, 0.4) is 0 Å². The van der Waals surface area contributed by atoms with Gasteiger partial charge in [-0.25, -0.2) is 14.4 Å². The molecule has 0 saturated carbocycles. The fraction of sp³-hybridized carbons (Fsp3) is 0.712. The zero-order valence-corrected chi connectivity index (χ0v) is 49.6. The van der Waals surface area contributed by atoms with Crippen molar-refractivity contribution in [2.24, 2.45) is 23.7 Å². The number of carbonyl (C=O) groups is 5. The van der Waals surface area contributed by atoms with Gasteiger partial charge in [0.25, 0.3) is 0 Å². The number of carbonyl (C=O) groups excluding carboxylic acids is 5. The number of hydrogen-bond donors (Lipinski definition) is 3. The highest BCUT2D eigenvalue weighted by atomic mass is 35.5. The van der Waals surface area contributed by atoms with Crippen LogP contribution < -0.4 is 16.0 Å². The maximum atomic E-state index is 13.6.